The van der Waals surface area contributed by atoms with E-state index in [1.165, 1.54) is 15.8 Å². The monoisotopic (exact) mass is 691 g/mol. The van der Waals surface area contributed by atoms with Crippen LogP contribution in [0.5, 0.6) is 0 Å². The van der Waals surface area contributed by atoms with Crippen LogP contribution in [0.15, 0.2) is 36.9 Å². The van der Waals surface area contributed by atoms with E-state index in [0.717, 1.165) is 32.1 Å². The highest BCUT2D eigenvalue weighted by atomic mass is 16.5. The van der Waals surface area contributed by atoms with Crippen molar-refractivity contribution in [2.45, 2.75) is 101 Å². The molecule has 1 saturated carbocycles. The Morgan fingerprint density at radius 1 is 1.12 bits per heavy atom. The van der Waals surface area contributed by atoms with E-state index < -0.39 is 58.7 Å². The van der Waals surface area contributed by atoms with E-state index in [-0.39, 0.29) is 44.9 Å². The maximum atomic E-state index is 14.7. The lowest BCUT2D eigenvalue weighted by atomic mass is 9.84. The van der Waals surface area contributed by atoms with Gasteiger partial charge in [0, 0.05) is 57.6 Å². The lowest BCUT2D eigenvalue weighted by Gasteiger charge is -2.37. The number of likely N-dealkylation sites (tertiary alicyclic amines) is 1. The van der Waals surface area contributed by atoms with Gasteiger partial charge in [0.1, 0.15) is 28.9 Å². The molecule has 3 aromatic rings. The highest BCUT2D eigenvalue weighted by molar-refractivity contribution is 6.39. The van der Waals surface area contributed by atoms with Gasteiger partial charge in [0.05, 0.1) is 23.5 Å². The van der Waals surface area contributed by atoms with Crippen molar-refractivity contribution in [3.05, 3.63) is 48.2 Å². The van der Waals surface area contributed by atoms with Gasteiger partial charge in [-0.3, -0.25) is 24.0 Å². The van der Waals surface area contributed by atoms with Crippen molar-refractivity contribution < 1.29 is 33.8 Å². The predicted molar refractivity (Wildman–Crippen MR) is 177 cm³/mol. The number of primary amides is 1. The Bertz CT molecular complexity index is 1750. The van der Waals surface area contributed by atoms with E-state index in [4.69, 9.17) is 10.5 Å². The third-order valence-corrected chi connectivity index (χ3v) is 10.3. The third-order valence-electron chi connectivity index (χ3n) is 10.3. The number of amides is 4. The summed E-state index contributed by atoms with van der Waals surface area (Å²) in [7, 11) is 0. The fourth-order valence-electron chi connectivity index (χ4n) is 7.59. The minimum absolute atomic E-state index is 0.0151. The highest BCUT2D eigenvalue weighted by Crippen LogP contribution is 2.34. The van der Waals surface area contributed by atoms with Gasteiger partial charge < -0.3 is 35.5 Å². The first-order valence-corrected chi connectivity index (χ1v) is 17.3. The molecule has 0 bridgehead atoms. The van der Waals surface area contributed by atoms with Crippen LogP contribution in [0.2, 0.25) is 0 Å². The number of aromatic nitrogens is 5. The standard InChI is InChI=1S/C34H45N9O7/c1-33(2,49)26-18-37-40-43(26)23-17-25(31(47)39-34(28(44)29(35)45)10-14-50-15-11-34)42(20-23)32(48)24(16-21-6-4-3-5-7-21)38-30(46)22-8-9-27-36-12-13-41(27)19-22/h8-9,12-13,18-19,21,23-25,49H,3-7,10-11,14-17,20H2,1-2H3,(H2,35,45)(H,38,46)(H,39,47)/t23-,24?,25-/m0/s1. The number of ether oxygens (including phenoxy) is 1. The molecule has 3 aromatic heterocycles. The van der Waals surface area contributed by atoms with Gasteiger partial charge in [0.25, 0.3) is 11.8 Å². The average Bonchev–Trinajstić information content (AvgIpc) is 3.87. The zero-order chi connectivity index (χ0) is 35.6. The number of nitrogens with one attached hydrogen (secondary N) is 2. The van der Waals surface area contributed by atoms with Crippen LogP contribution < -0.4 is 16.4 Å². The molecule has 0 spiro atoms. The molecule has 2 saturated heterocycles. The van der Waals surface area contributed by atoms with Crippen molar-refractivity contribution >= 4 is 35.1 Å². The number of fused-ring (bicyclic) bond motifs is 1. The van der Waals surface area contributed by atoms with Crippen LogP contribution in [0.25, 0.3) is 5.65 Å². The number of nitrogens with two attached hydrogens (primary N) is 1. The number of imidazole rings is 1. The SMILES string of the molecule is CC(C)(O)c1cnnn1[C@H]1C[C@@H](C(=O)NC2(C(=O)C(N)=O)CCOCC2)N(C(=O)C(CC2CCCCC2)NC(=O)c2ccc3nccn3c2)C1. The summed E-state index contributed by atoms with van der Waals surface area (Å²) in [5.74, 6) is -3.46. The molecular formula is C34H45N9O7. The summed E-state index contributed by atoms with van der Waals surface area (Å²) < 4.78 is 8.65. The second-order valence-corrected chi connectivity index (χ2v) is 14.3. The Balaban J connectivity index is 1.33. The number of aliphatic hydroxyl groups is 1. The number of Topliss-reactive ketones (excluding diaryl/α,β-unsaturated/α-hetero) is 1. The molecule has 0 radical (unpaired) electrons. The summed E-state index contributed by atoms with van der Waals surface area (Å²) >= 11 is 0. The molecule has 268 valence electrons. The van der Waals surface area contributed by atoms with Gasteiger partial charge in [-0.15, -0.1) is 5.10 Å². The molecule has 50 heavy (non-hydrogen) atoms. The predicted octanol–water partition coefficient (Wildman–Crippen LogP) is 0.784. The molecule has 16 nitrogen and oxygen atoms in total. The fraction of sp³-hybridized carbons (Fsp3) is 0.588. The number of hydrogen-bond donors (Lipinski definition) is 4. The molecule has 0 aromatic carbocycles. The number of ketones is 1. The van der Waals surface area contributed by atoms with Crippen LogP contribution in [-0.4, -0.2) is 101 Å². The summed E-state index contributed by atoms with van der Waals surface area (Å²) in [6.45, 7) is 3.45. The van der Waals surface area contributed by atoms with E-state index in [0.29, 0.717) is 23.3 Å². The number of hydrogen-bond acceptors (Lipinski definition) is 10. The Morgan fingerprint density at radius 2 is 1.86 bits per heavy atom. The number of pyridine rings is 1. The summed E-state index contributed by atoms with van der Waals surface area (Å²) in [4.78, 5) is 73.6. The average molecular weight is 692 g/mol. The van der Waals surface area contributed by atoms with Gasteiger partial charge in [0.15, 0.2) is 0 Å². The van der Waals surface area contributed by atoms with Gasteiger partial charge in [-0.2, -0.15) is 0 Å². The first kappa shape index (κ1) is 35.1. The molecule has 3 fully saturated rings. The molecular weight excluding hydrogens is 646 g/mol. The zero-order valence-electron chi connectivity index (χ0n) is 28.4. The third kappa shape index (κ3) is 7.26. The maximum absolute atomic E-state index is 14.7. The summed E-state index contributed by atoms with van der Waals surface area (Å²) in [5, 5.41) is 24.8. The normalized spacial score (nSPS) is 21.9. The molecule has 2 aliphatic heterocycles. The van der Waals surface area contributed by atoms with Crippen molar-refractivity contribution in [2.75, 3.05) is 19.8 Å². The van der Waals surface area contributed by atoms with E-state index >= 15 is 0 Å². The molecule has 4 amide bonds. The minimum Gasteiger partial charge on any atom is -0.384 e. The Hall–Kier alpha value is -4.70. The van der Waals surface area contributed by atoms with Gasteiger partial charge in [-0.25, -0.2) is 9.67 Å². The highest BCUT2D eigenvalue weighted by Gasteiger charge is 2.49. The maximum Gasteiger partial charge on any atom is 0.287 e. The first-order valence-electron chi connectivity index (χ1n) is 17.3. The van der Waals surface area contributed by atoms with Gasteiger partial charge in [-0.05, 0) is 38.3 Å². The van der Waals surface area contributed by atoms with Crippen molar-refractivity contribution in [3.8, 4) is 0 Å². The van der Waals surface area contributed by atoms with Crippen LogP contribution in [0.3, 0.4) is 0 Å². The van der Waals surface area contributed by atoms with E-state index in [1.54, 1.807) is 49.0 Å². The number of rotatable bonds is 11. The molecule has 5 N–H and O–H groups in total. The molecule has 3 aliphatic rings. The van der Waals surface area contributed by atoms with Gasteiger partial charge >= 0.3 is 0 Å². The molecule has 5 heterocycles. The molecule has 16 heteroatoms. The summed E-state index contributed by atoms with van der Waals surface area (Å²) in [5.41, 5.74) is 3.91. The summed E-state index contributed by atoms with van der Waals surface area (Å²) in [6, 6.07) is 0.710. The van der Waals surface area contributed by atoms with Crippen molar-refractivity contribution in [2.24, 2.45) is 11.7 Å². The van der Waals surface area contributed by atoms with Crippen molar-refractivity contribution in [3.63, 3.8) is 0 Å². The Labute approximate surface area is 289 Å². The Kier molecular flexibility index (Phi) is 10.0. The number of carbonyl (C=O) groups excluding carboxylic acids is 5. The van der Waals surface area contributed by atoms with E-state index in [1.807, 2.05) is 0 Å². The van der Waals surface area contributed by atoms with E-state index in [2.05, 4.69) is 25.9 Å². The molecule has 3 atom stereocenters. The lowest BCUT2D eigenvalue weighted by molar-refractivity contribution is -0.147. The quantitative estimate of drug-likeness (QED) is 0.207. The molecule has 1 unspecified atom stereocenters. The largest absolute Gasteiger partial charge is 0.384 e. The zero-order valence-corrected chi connectivity index (χ0v) is 28.4. The second-order valence-electron chi connectivity index (χ2n) is 14.3. The van der Waals surface area contributed by atoms with E-state index in [9.17, 15) is 29.1 Å². The molecule has 6 rings (SSSR count). The van der Waals surface area contributed by atoms with Crippen LogP contribution in [0, 0.1) is 5.92 Å². The minimum atomic E-state index is -1.58. The van der Waals surface area contributed by atoms with Gasteiger partial charge in [0.2, 0.25) is 17.6 Å². The van der Waals surface area contributed by atoms with Crippen LogP contribution in [0.4, 0.5) is 0 Å². The second kappa shape index (κ2) is 14.3. The lowest BCUT2D eigenvalue weighted by Crippen LogP contribution is -2.64. The van der Waals surface area contributed by atoms with Crippen LogP contribution >= 0.6 is 0 Å². The van der Waals surface area contributed by atoms with Crippen molar-refractivity contribution in [1.82, 2.24) is 39.9 Å². The van der Waals surface area contributed by atoms with Gasteiger partial charge in [-0.1, -0.05) is 37.3 Å². The smallest absolute Gasteiger partial charge is 0.287 e. The topological polar surface area (TPSA) is 216 Å². The Morgan fingerprint density at radius 3 is 2.56 bits per heavy atom. The summed E-state index contributed by atoms with van der Waals surface area (Å²) in [6.07, 6.45) is 12.0. The number of nitrogens with zero attached hydrogens (tertiary/aromatic N) is 6. The first-order chi connectivity index (χ1) is 23.9. The molecule has 1 aliphatic carbocycles. The van der Waals surface area contributed by atoms with Crippen LogP contribution in [0.1, 0.15) is 93.7 Å². The van der Waals surface area contributed by atoms with Crippen LogP contribution in [-0.2, 0) is 29.5 Å². The fourth-order valence-corrected chi connectivity index (χ4v) is 7.59. The number of carbonyl (C=O) groups is 5. The van der Waals surface area contributed by atoms with Crippen molar-refractivity contribution in [1.29, 1.82) is 0 Å².